The van der Waals surface area contributed by atoms with Crippen LogP contribution >= 0.6 is 42.5 Å². The first-order valence-corrected chi connectivity index (χ1v) is 11.9. The maximum atomic E-state index is 7.23. The Balaban J connectivity index is 0.000000776. The van der Waals surface area contributed by atoms with Crippen LogP contribution in [0.4, 0.5) is 0 Å². The van der Waals surface area contributed by atoms with E-state index in [-0.39, 0.29) is 0 Å². The third-order valence-corrected chi connectivity index (χ3v) is 4.69. The Hall–Kier alpha value is -0.240. The van der Waals surface area contributed by atoms with Gasteiger partial charge in [-0.15, -0.1) is 0 Å². The molecule has 0 spiro atoms. The van der Waals surface area contributed by atoms with E-state index in [4.69, 9.17) is 54.6 Å². The van der Waals surface area contributed by atoms with E-state index in [1.54, 1.807) is 0 Å². The van der Waals surface area contributed by atoms with Crippen LogP contribution in [0.15, 0.2) is 60.7 Å². The molecule has 2 aromatic rings. The van der Waals surface area contributed by atoms with Crippen LogP contribution in [0.25, 0.3) is 0 Å². The third kappa shape index (κ3) is 16.7. The predicted molar refractivity (Wildman–Crippen MR) is 122 cm³/mol. The molecule has 0 fully saturated rings. The Bertz CT molecular complexity index is 534. The summed E-state index contributed by atoms with van der Waals surface area (Å²) in [7, 11) is -5.24. The van der Waals surface area contributed by atoms with Gasteiger partial charge in [0.25, 0.3) is 0 Å². The van der Waals surface area contributed by atoms with Crippen molar-refractivity contribution in [2.45, 2.75) is 36.2 Å². The molecule has 0 saturated heterocycles. The quantitative estimate of drug-likeness (QED) is 0.175. The Morgan fingerprint density at radius 2 is 0.821 bits per heavy atom. The highest BCUT2D eigenvalue weighted by molar-refractivity contribution is 7.80. The van der Waals surface area contributed by atoms with Crippen LogP contribution in [0.5, 0.6) is 0 Å². The summed E-state index contributed by atoms with van der Waals surface area (Å²) in [5.74, 6) is 0. The molecule has 0 aromatic heterocycles. The Labute approximate surface area is 179 Å². The zero-order valence-corrected chi connectivity index (χ0v) is 18.8. The molecule has 2 atom stereocenters. The smallest absolute Gasteiger partial charge is 0.324 e. The van der Waals surface area contributed by atoms with Crippen molar-refractivity contribution in [3.63, 3.8) is 0 Å². The van der Waals surface area contributed by atoms with Crippen LogP contribution in [-0.2, 0) is 0 Å². The molecule has 0 aliphatic heterocycles. The van der Waals surface area contributed by atoms with Crippen molar-refractivity contribution in [3.8, 4) is 0 Å². The molecule has 2 aromatic carbocycles. The van der Waals surface area contributed by atoms with Crippen LogP contribution in [0.1, 0.15) is 47.3 Å². The Morgan fingerprint density at radius 1 is 0.571 bits per heavy atom. The highest BCUT2D eigenvalue weighted by atomic mass is 32.1. The monoisotopic (exact) mass is 466 g/mol. The van der Waals surface area contributed by atoms with Gasteiger partial charge in [0.05, 0.1) is 0 Å². The molecule has 0 aliphatic rings. The fourth-order valence-corrected chi connectivity index (χ4v) is 3.07. The van der Waals surface area contributed by atoms with E-state index in [2.05, 4.69) is 60.7 Å². The van der Waals surface area contributed by atoms with Crippen molar-refractivity contribution in [1.82, 2.24) is 0 Å². The molecular weight excluding hydrogens is 438 g/mol. The van der Waals surface area contributed by atoms with Crippen LogP contribution in [0.3, 0.4) is 0 Å². The summed E-state index contributed by atoms with van der Waals surface area (Å²) in [5.41, 5.74) is 2.64. The number of hydrogen-bond acceptors (Lipinski definition) is 8. The van der Waals surface area contributed by atoms with E-state index < -0.39 is 17.2 Å². The van der Waals surface area contributed by atoms with Gasteiger partial charge in [-0.2, -0.15) is 25.3 Å². The second-order valence-corrected chi connectivity index (χ2v) is 7.99. The second-order valence-electron chi connectivity index (χ2n) is 5.67. The molecule has 28 heavy (non-hydrogen) atoms. The number of rotatable bonds is 7. The summed E-state index contributed by atoms with van der Waals surface area (Å²) in [5, 5.41) is 0.706. The molecule has 158 valence electrons. The van der Waals surface area contributed by atoms with E-state index >= 15 is 0 Å². The van der Waals surface area contributed by atoms with Crippen LogP contribution in [-0.4, -0.2) is 29.4 Å². The fraction of sp³-hybridized carbons (Fsp3) is 0.333. The number of benzene rings is 2. The minimum Gasteiger partial charge on any atom is -0.328 e. The maximum Gasteiger partial charge on any atom is 0.324 e. The SMILES string of the molecule is OP(O)O.OP(O)O.SC(CCCCC(S)c1ccccc1)c1ccccc1. The molecular formula is C18H28O6P2S2. The molecule has 0 radical (unpaired) electrons. The summed E-state index contributed by atoms with van der Waals surface area (Å²) in [4.78, 5) is 43.4. The van der Waals surface area contributed by atoms with Gasteiger partial charge in [0, 0.05) is 10.5 Å². The first-order valence-electron chi connectivity index (χ1n) is 8.43. The highest BCUT2D eigenvalue weighted by Crippen LogP contribution is 2.29. The number of hydrogen-bond donors (Lipinski definition) is 8. The van der Waals surface area contributed by atoms with Crippen LogP contribution < -0.4 is 0 Å². The number of unbranched alkanes of at least 4 members (excludes halogenated alkanes) is 1. The van der Waals surface area contributed by atoms with E-state index in [1.165, 1.54) is 24.0 Å². The molecule has 6 nitrogen and oxygen atoms in total. The first-order chi connectivity index (χ1) is 13.2. The van der Waals surface area contributed by atoms with Gasteiger partial charge in [-0.3, -0.25) is 0 Å². The van der Waals surface area contributed by atoms with Crippen molar-refractivity contribution >= 4 is 42.5 Å². The predicted octanol–water partition coefficient (Wildman–Crippen LogP) is 4.27. The molecule has 6 N–H and O–H groups in total. The summed E-state index contributed by atoms with van der Waals surface area (Å²) in [6.45, 7) is 0. The standard InChI is InChI=1S/C18H22S2.2H3O3P/c19-17(15-9-3-1-4-10-15)13-7-8-14-18(20)16-11-5-2-6-12-16;2*1-4(2)3/h1-6,9-12,17-20H,7-8,13-14H2;2*1-3H. The van der Waals surface area contributed by atoms with E-state index in [0.29, 0.717) is 10.5 Å². The minimum atomic E-state index is -2.62. The van der Waals surface area contributed by atoms with Crippen molar-refractivity contribution in [1.29, 1.82) is 0 Å². The first kappa shape index (κ1) is 27.8. The van der Waals surface area contributed by atoms with Gasteiger partial charge in [-0.25, -0.2) is 0 Å². The zero-order valence-electron chi connectivity index (χ0n) is 15.2. The second kappa shape index (κ2) is 17.6. The average molecular weight is 466 g/mol. The Morgan fingerprint density at radius 3 is 1.07 bits per heavy atom. The van der Waals surface area contributed by atoms with Crippen molar-refractivity contribution in [3.05, 3.63) is 71.8 Å². The molecule has 0 saturated carbocycles. The maximum absolute atomic E-state index is 7.23. The zero-order chi connectivity index (χ0) is 21.4. The lowest BCUT2D eigenvalue weighted by molar-refractivity contribution is 0.366. The molecule has 2 unspecified atom stereocenters. The van der Waals surface area contributed by atoms with Crippen molar-refractivity contribution < 1.29 is 29.4 Å². The third-order valence-electron chi connectivity index (χ3n) is 3.57. The molecule has 0 aliphatic carbocycles. The lowest BCUT2D eigenvalue weighted by Crippen LogP contribution is -1.93. The van der Waals surface area contributed by atoms with E-state index in [1.807, 2.05) is 0 Å². The normalized spacial score (nSPS) is 12.5. The van der Waals surface area contributed by atoms with Gasteiger partial charge in [0.2, 0.25) is 0 Å². The fourth-order valence-electron chi connectivity index (χ4n) is 2.36. The highest BCUT2D eigenvalue weighted by Gasteiger charge is 2.08. The van der Waals surface area contributed by atoms with E-state index in [9.17, 15) is 0 Å². The lowest BCUT2D eigenvalue weighted by atomic mass is 10.0. The molecule has 0 amide bonds. The molecule has 0 bridgehead atoms. The van der Waals surface area contributed by atoms with Crippen molar-refractivity contribution in [2.24, 2.45) is 0 Å². The minimum absolute atomic E-state index is 0.353. The number of thiol groups is 2. The lowest BCUT2D eigenvalue weighted by Gasteiger charge is -2.13. The average Bonchev–Trinajstić information content (AvgIpc) is 2.65. The summed E-state index contributed by atoms with van der Waals surface area (Å²) < 4.78 is 0. The summed E-state index contributed by atoms with van der Waals surface area (Å²) in [6.07, 6.45) is 4.66. The van der Waals surface area contributed by atoms with Gasteiger partial charge in [-0.05, 0) is 24.0 Å². The van der Waals surface area contributed by atoms with Crippen LogP contribution in [0, 0.1) is 0 Å². The Kier molecular flexibility index (Phi) is 17.5. The summed E-state index contributed by atoms with van der Waals surface area (Å²) >= 11 is 9.39. The largest absolute Gasteiger partial charge is 0.328 e. The molecule has 10 heteroatoms. The molecule has 0 heterocycles. The van der Waals surface area contributed by atoms with E-state index in [0.717, 1.165) is 12.8 Å². The summed E-state index contributed by atoms with van der Waals surface area (Å²) in [6, 6.07) is 21.0. The van der Waals surface area contributed by atoms with Crippen LogP contribution in [0.2, 0.25) is 0 Å². The van der Waals surface area contributed by atoms with Gasteiger partial charge < -0.3 is 29.4 Å². The van der Waals surface area contributed by atoms with Gasteiger partial charge >= 0.3 is 17.2 Å². The molecule has 2 rings (SSSR count). The van der Waals surface area contributed by atoms with Crippen molar-refractivity contribution in [2.75, 3.05) is 0 Å². The topological polar surface area (TPSA) is 121 Å². The van der Waals surface area contributed by atoms with Gasteiger partial charge in [0.1, 0.15) is 0 Å². The van der Waals surface area contributed by atoms with Gasteiger partial charge in [0.15, 0.2) is 0 Å². The van der Waals surface area contributed by atoms with Gasteiger partial charge in [-0.1, -0.05) is 73.5 Å².